The number of nitrogens with one attached hydrogen (secondary N) is 1. The van der Waals surface area contributed by atoms with Crippen LogP contribution in [0.3, 0.4) is 0 Å². The number of ether oxygens (including phenoxy) is 1. The van der Waals surface area contributed by atoms with Crippen molar-refractivity contribution in [1.82, 2.24) is 9.97 Å². The quantitative estimate of drug-likeness (QED) is 0.395. The zero-order chi connectivity index (χ0) is 24.6. The number of nitrogens with zero attached hydrogens (tertiary/aromatic N) is 2. The molecule has 2 aromatic rings. The summed E-state index contributed by atoms with van der Waals surface area (Å²) in [6, 6.07) is 5.20. The Morgan fingerprint density at radius 1 is 1.27 bits per heavy atom. The predicted molar refractivity (Wildman–Crippen MR) is 130 cm³/mol. The molecule has 0 aliphatic rings. The molecule has 0 spiro atoms. The van der Waals surface area contributed by atoms with Crippen LogP contribution in [0.1, 0.15) is 55.0 Å². The highest BCUT2D eigenvalue weighted by Crippen LogP contribution is 2.28. The van der Waals surface area contributed by atoms with E-state index in [1.54, 1.807) is 19.2 Å². The number of methoxy groups -OCH3 is 1. The number of aliphatic carboxylic acids is 1. The second kappa shape index (κ2) is 11.8. The zero-order valence-electron chi connectivity index (χ0n) is 19.7. The number of aryl methyl sites for hydroxylation is 1. The van der Waals surface area contributed by atoms with Gasteiger partial charge in [-0.25, -0.2) is 13.4 Å². The fourth-order valence-corrected chi connectivity index (χ4v) is 4.40. The summed E-state index contributed by atoms with van der Waals surface area (Å²) in [5.74, 6) is 0.480. The van der Waals surface area contributed by atoms with Gasteiger partial charge in [0.25, 0.3) is 0 Å². The molecule has 0 radical (unpaired) electrons. The monoisotopic (exact) mass is 478 g/mol. The van der Waals surface area contributed by atoms with E-state index in [2.05, 4.69) is 22.2 Å². The maximum Gasteiger partial charge on any atom is 0.307 e. The standard InChI is InChI=1S/C23H34N4O5S/c1-5-6-7-18(10-11-33(4,30)31)26-22-19(15(2)25-23(24)27-22)14-17-12-16(13-21(28)29)8-9-20(17)32-3/h8-9,12,18H,5-7,10-11,13-14H2,1-4H3,(H,28,29)(H3,24,25,26,27)/t18-/m0/s1. The van der Waals surface area contributed by atoms with Crippen molar-refractivity contribution in [3.8, 4) is 5.75 Å². The van der Waals surface area contributed by atoms with Gasteiger partial charge in [-0.2, -0.15) is 4.98 Å². The number of carbonyl (C=O) groups is 1. The second-order valence-corrected chi connectivity index (χ2v) is 10.5. The highest BCUT2D eigenvalue weighted by Gasteiger charge is 2.19. The predicted octanol–water partition coefficient (Wildman–Crippen LogP) is 3.00. The summed E-state index contributed by atoms with van der Waals surface area (Å²) in [4.78, 5) is 19.9. The molecule has 1 aromatic heterocycles. The van der Waals surface area contributed by atoms with Gasteiger partial charge in [-0.05, 0) is 37.0 Å². The van der Waals surface area contributed by atoms with Crippen LogP contribution in [0.2, 0.25) is 0 Å². The number of unbranched alkanes of at least 4 members (excludes halogenated alkanes) is 1. The Hall–Kier alpha value is -2.88. The lowest BCUT2D eigenvalue weighted by molar-refractivity contribution is -0.136. The smallest absolute Gasteiger partial charge is 0.307 e. The lowest BCUT2D eigenvalue weighted by Gasteiger charge is -2.22. The van der Waals surface area contributed by atoms with Crippen LogP contribution in [0.4, 0.5) is 11.8 Å². The van der Waals surface area contributed by atoms with Crippen molar-refractivity contribution in [3.05, 3.63) is 40.6 Å². The van der Waals surface area contributed by atoms with Crippen LogP contribution in [0, 0.1) is 6.92 Å². The van der Waals surface area contributed by atoms with Gasteiger partial charge < -0.3 is 20.9 Å². The highest BCUT2D eigenvalue weighted by atomic mass is 32.2. The van der Waals surface area contributed by atoms with Crippen molar-refractivity contribution in [1.29, 1.82) is 0 Å². The summed E-state index contributed by atoms with van der Waals surface area (Å²) in [5, 5.41) is 12.6. The minimum atomic E-state index is -3.10. The number of carboxylic acid groups (broad SMARTS) is 1. The molecular formula is C23H34N4O5S. The van der Waals surface area contributed by atoms with E-state index < -0.39 is 15.8 Å². The minimum absolute atomic E-state index is 0.0777. The number of aromatic nitrogens is 2. The van der Waals surface area contributed by atoms with Crippen LogP contribution in [-0.2, 0) is 27.5 Å². The number of benzene rings is 1. The zero-order valence-corrected chi connectivity index (χ0v) is 20.5. The normalized spacial score (nSPS) is 12.4. The van der Waals surface area contributed by atoms with Gasteiger partial charge in [0, 0.05) is 30.0 Å². The molecule has 0 aliphatic heterocycles. The molecule has 0 unspecified atom stereocenters. The molecule has 0 saturated carbocycles. The number of carboxylic acids is 1. The van der Waals surface area contributed by atoms with Crippen molar-refractivity contribution in [3.63, 3.8) is 0 Å². The van der Waals surface area contributed by atoms with E-state index in [-0.39, 0.29) is 24.2 Å². The van der Waals surface area contributed by atoms with Gasteiger partial charge in [0.1, 0.15) is 21.4 Å². The Morgan fingerprint density at radius 3 is 2.61 bits per heavy atom. The van der Waals surface area contributed by atoms with Crippen LogP contribution < -0.4 is 15.8 Å². The molecule has 4 N–H and O–H groups in total. The molecule has 0 amide bonds. The van der Waals surface area contributed by atoms with Crippen LogP contribution >= 0.6 is 0 Å². The Labute approximate surface area is 195 Å². The summed E-state index contributed by atoms with van der Waals surface area (Å²) in [7, 11) is -1.53. The number of rotatable bonds is 13. The van der Waals surface area contributed by atoms with Crippen molar-refractivity contribution < 1.29 is 23.1 Å². The molecule has 0 aliphatic carbocycles. The van der Waals surface area contributed by atoms with Crippen molar-refractivity contribution in [2.24, 2.45) is 0 Å². The summed E-state index contributed by atoms with van der Waals surface area (Å²) in [5.41, 5.74) is 8.88. The number of nitrogen functional groups attached to an aromatic ring is 1. The number of hydrogen-bond acceptors (Lipinski definition) is 8. The first-order valence-corrected chi connectivity index (χ1v) is 13.0. The molecule has 33 heavy (non-hydrogen) atoms. The van der Waals surface area contributed by atoms with E-state index in [1.165, 1.54) is 6.26 Å². The topological polar surface area (TPSA) is 144 Å². The van der Waals surface area contributed by atoms with Gasteiger partial charge in [-0.1, -0.05) is 31.9 Å². The second-order valence-electron chi connectivity index (χ2n) is 8.29. The summed E-state index contributed by atoms with van der Waals surface area (Å²) >= 11 is 0. The van der Waals surface area contributed by atoms with E-state index in [4.69, 9.17) is 15.6 Å². The van der Waals surface area contributed by atoms with E-state index >= 15 is 0 Å². The third kappa shape index (κ3) is 8.53. The number of hydrogen-bond donors (Lipinski definition) is 3. The fourth-order valence-electron chi connectivity index (χ4n) is 3.68. The van der Waals surface area contributed by atoms with Gasteiger partial charge in [0.2, 0.25) is 5.95 Å². The molecule has 1 aromatic carbocycles. The molecular weight excluding hydrogens is 444 g/mol. The summed E-state index contributed by atoms with van der Waals surface area (Å²) in [6.07, 6.45) is 4.73. The first-order chi connectivity index (χ1) is 15.5. The lowest BCUT2D eigenvalue weighted by Crippen LogP contribution is -2.25. The summed E-state index contributed by atoms with van der Waals surface area (Å²) in [6.45, 7) is 3.92. The third-order valence-corrected chi connectivity index (χ3v) is 6.36. The molecule has 9 nitrogen and oxygen atoms in total. The van der Waals surface area contributed by atoms with Crippen molar-refractivity contribution in [2.75, 3.05) is 30.2 Å². The van der Waals surface area contributed by atoms with Gasteiger partial charge in [-0.15, -0.1) is 0 Å². The van der Waals surface area contributed by atoms with Gasteiger partial charge in [0.15, 0.2) is 0 Å². The Morgan fingerprint density at radius 2 is 2.00 bits per heavy atom. The van der Waals surface area contributed by atoms with Crippen molar-refractivity contribution >= 4 is 27.6 Å². The number of nitrogens with two attached hydrogens (primary N) is 1. The Balaban J connectivity index is 2.41. The molecule has 0 saturated heterocycles. The SMILES string of the molecule is CCCC[C@@H](CCS(C)(=O)=O)Nc1nc(N)nc(C)c1Cc1cc(CC(=O)O)ccc1OC. The number of anilines is 2. The largest absolute Gasteiger partial charge is 0.496 e. The summed E-state index contributed by atoms with van der Waals surface area (Å²) < 4.78 is 28.9. The number of sulfone groups is 1. The Bertz CT molecular complexity index is 1070. The molecule has 2 rings (SSSR count). The average molecular weight is 479 g/mol. The molecule has 1 atom stereocenters. The first-order valence-electron chi connectivity index (χ1n) is 11.0. The molecule has 1 heterocycles. The molecule has 0 fully saturated rings. The van der Waals surface area contributed by atoms with Crippen LogP contribution in [-0.4, -0.2) is 54.6 Å². The fraction of sp³-hybridized carbons (Fsp3) is 0.522. The van der Waals surface area contributed by atoms with Crippen molar-refractivity contribution in [2.45, 2.75) is 58.4 Å². The van der Waals surface area contributed by atoms with E-state index in [1.807, 2.05) is 13.0 Å². The maximum atomic E-state index is 11.7. The molecule has 10 heteroatoms. The average Bonchev–Trinajstić information content (AvgIpc) is 2.71. The van der Waals surface area contributed by atoms with Crippen LogP contribution in [0.25, 0.3) is 0 Å². The van der Waals surface area contributed by atoms with Gasteiger partial charge >= 0.3 is 5.97 Å². The van der Waals surface area contributed by atoms with Gasteiger partial charge in [-0.3, -0.25) is 4.79 Å². The lowest BCUT2D eigenvalue weighted by atomic mass is 9.99. The third-order valence-electron chi connectivity index (χ3n) is 5.38. The minimum Gasteiger partial charge on any atom is -0.496 e. The van der Waals surface area contributed by atoms with E-state index in [9.17, 15) is 13.2 Å². The van der Waals surface area contributed by atoms with E-state index in [0.29, 0.717) is 35.7 Å². The molecule has 182 valence electrons. The van der Waals surface area contributed by atoms with E-state index in [0.717, 1.165) is 30.4 Å². The maximum absolute atomic E-state index is 11.7. The highest BCUT2D eigenvalue weighted by molar-refractivity contribution is 7.90. The van der Waals surface area contributed by atoms with Crippen LogP contribution in [0.5, 0.6) is 5.75 Å². The van der Waals surface area contributed by atoms with Gasteiger partial charge in [0.05, 0.1) is 19.3 Å². The Kier molecular flexibility index (Phi) is 9.45. The molecule has 0 bridgehead atoms. The van der Waals surface area contributed by atoms with Crippen LogP contribution in [0.15, 0.2) is 18.2 Å². The first kappa shape index (κ1) is 26.4.